The monoisotopic (exact) mass is 530 g/mol. The van der Waals surface area contributed by atoms with Crippen LogP contribution in [-0.4, -0.2) is 69.0 Å². The first-order chi connectivity index (χ1) is 15.2. The fourth-order valence-corrected chi connectivity index (χ4v) is 4.51. The van der Waals surface area contributed by atoms with Crippen LogP contribution in [0.1, 0.15) is 57.9 Å². The third-order valence-electron chi connectivity index (χ3n) is 6.21. The van der Waals surface area contributed by atoms with E-state index in [0.717, 1.165) is 39.0 Å². The zero-order chi connectivity index (χ0) is 22.1. The minimum Gasteiger partial charge on any atom is -0.326 e. The molecule has 194 valence electrons. The van der Waals surface area contributed by atoms with Gasteiger partial charge >= 0.3 is 0 Å². The molecule has 0 radical (unpaired) electrons. The maximum Gasteiger partial charge on any atom is 0.136 e. The second-order valence-corrected chi connectivity index (χ2v) is 9.10. The fraction of sp³-hybridized carbons (Fsp3) is 0.593. The van der Waals surface area contributed by atoms with Gasteiger partial charge in [0.2, 0.25) is 0 Å². The second kappa shape index (κ2) is 17.4. The average molecular weight is 532 g/mol. The van der Waals surface area contributed by atoms with Crippen molar-refractivity contribution in [2.24, 2.45) is 4.99 Å². The molecule has 0 amide bonds. The number of hydrogen-bond acceptors (Lipinski definition) is 3. The van der Waals surface area contributed by atoms with E-state index in [2.05, 4.69) is 79.0 Å². The Kier molecular flexibility index (Phi) is 16.9. The summed E-state index contributed by atoms with van der Waals surface area (Å²) in [5, 5.41) is 2.70. The van der Waals surface area contributed by atoms with Gasteiger partial charge in [0, 0.05) is 24.0 Å². The van der Waals surface area contributed by atoms with Gasteiger partial charge in [0.15, 0.2) is 0 Å². The predicted octanol–water partition coefficient (Wildman–Crippen LogP) is 6.92. The maximum atomic E-state index is 5.18. The summed E-state index contributed by atoms with van der Waals surface area (Å²) in [5.41, 5.74) is 2.64. The van der Waals surface area contributed by atoms with Gasteiger partial charge in [-0.25, -0.2) is 0 Å². The number of anilines is 1. The number of benzene rings is 2. The van der Waals surface area contributed by atoms with E-state index in [1.54, 1.807) is 0 Å². The molecule has 1 aliphatic rings. The lowest BCUT2D eigenvalue weighted by molar-refractivity contribution is 0.263. The standard InChI is InChI=1S/C27H42N4.3ClH/c1-5-7-19-30(20-8-6-2)21-11-17-28-27-24-15-9-13-23-14-10-16-25(26(23)24)31(27)22-12-18-29(3)4;;;/h9-10,13-16H,5-8,11-12,17-22H2,1-4H3;3*1H. The van der Waals surface area contributed by atoms with Crippen molar-refractivity contribution in [1.82, 2.24) is 9.80 Å². The quantitative estimate of drug-likeness (QED) is 0.247. The zero-order valence-electron chi connectivity index (χ0n) is 21.5. The lowest BCUT2D eigenvalue weighted by atomic mass is 10.1. The third-order valence-corrected chi connectivity index (χ3v) is 6.21. The normalized spacial score (nSPS) is 13.4. The molecule has 3 rings (SSSR count). The van der Waals surface area contributed by atoms with Gasteiger partial charge in [-0.15, -0.1) is 37.2 Å². The van der Waals surface area contributed by atoms with Crippen LogP contribution < -0.4 is 4.90 Å². The SMILES string of the molecule is CCCCN(CCCC)CCCN=C1c2cccc3cccc(c23)N1CCCN(C)C.Cl.Cl.Cl. The van der Waals surface area contributed by atoms with Crippen molar-refractivity contribution < 1.29 is 0 Å². The Labute approximate surface area is 226 Å². The zero-order valence-corrected chi connectivity index (χ0v) is 23.9. The highest BCUT2D eigenvalue weighted by molar-refractivity contribution is 6.27. The van der Waals surface area contributed by atoms with E-state index >= 15 is 0 Å². The number of hydrogen-bond donors (Lipinski definition) is 0. The minimum atomic E-state index is 0. The smallest absolute Gasteiger partial charge is 0.136 e. The highest BCUT2D eigenvalue weighted by Crippen LogP contribution is 2.37. The van der Waals surface area contributed by atoms with Crippen LogP contribution in [0.15, 0.2) is 41.4 Å². The molecule has 2 aromatic rings. The Bertz CT molecular complexity index is 844. The predicted molar refractivity (Wildman–Crippen MR) is 158 cm³/mol. The molecule has 0 unspecified atom stereocenters. The van der Waals surface area contributed by atoms with Crippen molar-refractivity contribution in [3.63, 3.8) is 0 Å². The lowest BCUT2D eigenvalue weighted by Gasteiger charge is -2.23. The van der Waals surface area contributed by atoms with Gasteiger partial charge in [-0.3, -0.25) is 4.99 Å². The summed E-state index contributed by atoms with van der Waals surface area (Å²) in [4.78, 5) is 12.6. The summed E-state index contributed by atoms with van der Waals surface area (Å²) in [6, 6.07) is 13.3. The topological polar surface area (TPSA) is 22.1 Å². The van der Waals surface area contributed by atoms with Crippen molar-refractivity contribution in [2.75, 3.05) is 58.3 Å². The van der Waals surface area contributed by atoms with Gasteiger partial charge in [0.05, 0.1) is 5.69 Å². The number of rotatable bonds is 14. The minimum absolute atomic E-state index is 0. The van der Waals surface area contributed by atoms with Crippen LogP contribution in [0, 0.1) is 0 Å². The molecule has 0 saturated carbocycles. The van der Waals surface area contributed by atoms with E-state index in [1.165, 1.54) is 66.6 Å². The second-order valence-electron chi connectivity index (χ2n) is 9.10. The van der Waals surface area contributed by atoms with E-state index in [0.29, 0.717) is 0 Å². The molecule has 0 bridgehead atoms. The van der Waals surface area contributed by atoms with Crippen molar-refractivity contribution in [1.29, 1.82) is 0 Å². The van der Waals surface area contributed by atoms with Crippen molar-refractivity contribution in [2.45, 2.75) is 52.4 Å². The van der Waals surface area contributed by atoms with Gasteiger partial charge in [-0.2, -0.15) is 0 Å². The van der Waals surface area contributed by atoms with Gasteiger partial charge in [0.1, 0.15) is 5.84 Å². The summed E-state index contributed by atoms with van der Waals surface area (Å²) in [6.07, 6.45) is 7.42. The Morgan fingerprint density at radius 2 is 1.38 bits per heavy atom. The molecule has 34 heavy (non-hydrogen) atoms. The summed E-state index contributed by atoms with van der Waals surface area (Å²) >= 11 is 0. The largest absolute Gasteiger partial charge is 0.326 e. The van der Waals surface area contributed by atoms with Crippen LogP contribution in [0.25, 0.3) is 10.8 Å². The van der Waals surface area contributed by atoms with Gasteiger partial charge in [-0.05, 0) is 77.4 Å². The highest BCUT2D eigenvalue weighted by Gasteiger charge is 2.27. The number of aliphatic imine (C=N–C) groups is 1. The number of unbranched alkanes of at least 4 members (excludes halogenated alkanes) is 2. The summed E-state index contributed by atoms with van der Waals surface area (Å²) in [6.45, 7) is 11.2. The van der Waals surface area contributed by atoms with Crippen LogP contribution in [-0.2, 0) is 0 Å². The molecule has 7 heteroatoms. The molecule has 0 N–H and O–H groups in total. The highest BCUT2D eigenvalue weighted by atomic mass is 35.5. The van der Waals surface area contributed by atoms with Crippen LogP contribution >= 0.6 is 37.2 Å². The molecule has 0 aliphatic carbocycles. The molecule has 0 aromatic heterocycles. The van der Waals surface area contributed by atoms with Crippen LogP contribution in [0.3, 0.4) is 0 Å². The summed E-state index contributed by atoms with van der Waals surface area (Å²) in [5.74, 6) is 1.18. The Balaban J connectivity index is 0.00000363. The Morgan fingerprint density at radius 1 is 0.765 bits per heavy atom. The lowest BCUT2D eigenvalue weighted by Crippen LogP contribution is -2.31. The average Bonchev–Trinajstić information content (AvgIpc) is 3.07. The first-order valence-electron chi connectivity index (χ1n) is 12.4. The van der Waals surface area contributed by atoms with E-state index in [9.17, 15) is 0 Å². The molecule has 0 fully saturated rings. The van der Waals surface area contributed by atoms with E-state index < -0.39 is 0 Å². The van der Waals surface area contributed by atoms with Crippen molar-refractivity contribution >= 4 is 59.5 Å². The molecule has 1 aliphatic heterocycles. The van der Waals surface area contributed by atoms with Crippen LogP contribution in [0.4, 0.5) is 5.69 Å². The van der Waals surface area contributed by atoms with E-state index in [1.807, 2.05) is 0 Å². The van der Waals surface area contributed by atoms with Crippen LogP contribution in [0.2, 0.25) is 0 Å². The molecule has 2 aromatic carbocycles. The fourth-order valence-electron chi connectivity index (χ4n) is 4.51. The first-order valence-corrected chi connectivity index (χ1v) is 12.4. The van der Waals surface area contributed by atoms with Crippen LogP contribution in [0.5, 0.6) is 0 Å². The molecule has 0 saturated heterocycles. The number of amidine groups is 1. The molecule has 0 atom stereocenters. The molecule has 1 heterocycles. The van der Waals surface area contributed by atoms with Crippen molar-refractivity contribution in [3.8, 4) is 0 Å². The van der Waals surface area contributed by atoms with Crippen molar-refractivity contribution in [3.05, 3.63) is 42.0 Å². The molecular formula is C27H45Cl3N4. The molecule has 4 nitrogen and oxygen atoms in total. The first kappa shape index (κ1) is 33.0. The molecular weight excluding hydrogens is 487 g/mol. The maximum absolute atomic E-state index is 5.18. The number of nitrogens with zero attached hydrogens (tertiary/aromatic N) is 4. The summed E-state index contributed by atoms with van der Waals surface area (Å²) < 4.78 is 0. The Hall–Kier alpha value is -1.04. The molecule has 0 spiro atoms. The van der Waals surface area contributed by atoms with Gasteiger partial charge < -0.3 is 14.7 Å². The van der Waals surface area contributed by atoms with E-state index in [4.69, 9.17) is 4.99 Å². The van der Waals surface area contributed by atoms with Gasteiger partial charge in [0.25, 0.3) is 0 Å². The Morgan fingerprint density at radius 3 is 2.00 bits per heavy atom. The summed E-state index contributed by atoms with van der Waals surface area (Å²) in [7, 11) is 4.30. The number of halogens is 3. The third kappa shape index (κ3) is 8.87. The van der Waals surface area contributed by atoms with Gasteiger partial charge in [-0.1, -0.05) is 57.0 Å². The van der Waals surface area contributed by atoms with E-state index in [-0.39, 0.29) is 37.2 Å².